The Morgan fingerprint density at radius 2 is 2.23 bits per heavy atom. The van der Waals surface area contributed by atoms with Crippen molar-refractivity contribution in [1.82, 2.24) is 4.98 Å². The van der Waals surface area contributed by atoms with Crippen molar-refractivity contribution in [3.8, 4) is 5.88 Å². The first-order valence-electron chi connectivity index (χ1n) is 3.65. The van der Waals surface area contributed by atoms with Crippen LogP contribution in [-0.2, 0) is 6.61 Å². The third kappa shape index (κ3) is 2.95. The summed E-state index contributed by atoms with van der Waals surface area (Å²) in [5.74, 6) is -0.168. The number of nitrogens with zero attached hydrogens (tertiary/aromatic N) is 1. The molecule has 1 aromatic rings. The summed E-state index contributed by atoms with van der Waals surface area (Å²) < 4.78 is 27.6. The predicted molar refractivity (Wildman–Crippen MR) is 41.5 cm³/mol. The van der Waals surface area contributed by atoms with Crippen molar-refractivity contribution in [2.75, 3.05) is 0 Å². The van der Waals surface area contributed by atoms with Gasteiger partial charge in [0.2, 0.25) is 5.88 Å². The molecule has 0 fully saturated rings. The van der Waals surface area contributed by atoms with Gasteiger partial charge >= 0.3 is 6.61 Å². The molecule has 1 aromatic heterocycles. The van der Waals surface area contributed by atoms with Gasteiger partial charge < -0.3 is 9.84 Å². The zero-order chi connectivity index (χ0) is 9.84. The molecule has 0 amide bonds. The van der Waals surface area contributed by atoms with Crippen molar-refractivity contribution in [2.24, 2.45) is 0 Å². The Balaban J connectivity index is 2.88. The molecular formula is C8H9F2NO2. The molecule has 0 bridgehead atoms. The lowest BCUT2D eigenvalue weighted by atomic mass is 10.2. The Kier molecular flexibility index (Phi) is 3.13. The molecule has 0 spiro atoms. The Bertz CT molecular complexity index is 291. The maximum Gasteiger partial charge on any atom is 0.388 e. The van der Waals surface area contributed by atoms with Crippen LogP contribution in [0.1, 0.15) is 11.3 Å². The molecular weight excluding hydrogens is 180 g/mol. The van der Waals surface area contributed by atoms with E-state index in [-0.39, 0.29) is 12.5 Å². The van der Waals surface area contributed by atoms with E-state index in [4.69, 9.17) is 5.11 Å². The number of ether oxygens (including phenoxy) is 1. The van der Waals surface area contributed by atoms with E-state index in [0.717, 1.165) is 0 Å². The van der Waals surface area contributed by atoms with Crippen LogP contribution in [0.3, 0.4) is 0 Å². The van der Waals surface area contributed by atoms with Crippen LogP contribution in [0.15, 0.2) is 12.1 Å². The van der Waals surface area contributed by atoms with Crippen LogP contribution in [-0.4, -0.2) is 16.7 Å². The molecule has 0 saturated heterocycles. The lowest BCUT2D eigenvalue weighted by Gasteiger charge is -2.05. The number of alkyl halides is 2. The normalized spacial score (nSPS) is 10.5. The first-order valence-corrected chi connectivity index (χ1v) is 3.65. The zero-order valence-corrected chi connectivity index (χ0v) is 7.00. The van der Waals surface area contributed by atoms with E-state index < -0.39 is 6.61 Å². The summed E-state index contributed by atoms with van der Waals surface area (Å²) in [6.45, 7) is -1.47. The van der Waals surface area contributed by atoms with Crippen LogP contribution in [0.2, 0.25) is 0 Å². The summed E-state index contributed by atoms with van der Waals surface area (Å²) >= 11 is 0. The first-order chi connectivity index (χ1) is 6.11. The lowest BCUT2D eigenvalue weighted by Crippen LogP contribution is -2.04. The summed E-state index contributed by atoms with van der Waals surface area (Å²) in [6.07, 6.45) is 0. The maximum atomic E-state index is 11.8. The monoisotopic (exact) mass is 189 g/mol. The fourth-order valence-corrected chi connectivity index (χ4v) is 0.950. The number of aryl methyl sites for hydroxylation is 1. The van der Waals surface area contributed by atoms with Crippen LogP contribution in [0.5, 0.6) is 5.88 Å². The van der Waals surface area contributed by atoms with E-state index in [0.29, 0.717) is 11.3 Å². The van der Waals surface area contributed by atoms with Gasteiger partial charge in [-0.2, -0.15) is 8.78 Å². The van der Waals surface area contributed by atoms with Crippen LogP contribution in [0.4, 0.5) is 8.78 Å². The minimum atomic E-state index is -2.89. The second-order valence-corrected chi connectivity index (χ2v) is 2.49. The Morgan fingerprint density at radius 1 is 1.54 bits per heavy atom. The molecule has 72 valence electrons. The predicted octanol–water partition coefficient (Wildman–Crippen LogP) is 1.48. The molecule has 0 radical (unpaired) electrons. The van der Waals surface area contributed by atoms with Gasteiger partial charge in [0, 0.05) is 11.8 Å². The molecule has 1 heterocycles. The number of hydrogen-bond donors (Lipinski definition) is 1. The highest BCUT2D eigenvalue weighted by atomic mass is 19.3. The second kappa shape index (κ2) is 4.13. The SMILES string of the molecule is Cc1cc(CO)cc(OC(F)F)n1. The summed E-state index contributed by atoms with van der Waals surface area (Å²) in [6, 6.07) is 2.87. The highest BCUT2D eigenvalue weighted by molar-refractivity contribution is 5.23. The van der Waals surface area contributed by atoms with E-state index in [9.17, 15) is 8.78 Å². The summed E-state index contributed by atoms with van der Waals surface area (Å²) in [7, 11) is 0. The highest BCUT2D eigenvalue weighted by Gasteiger charge is 2.06. The van der Waals surface area contributed by atoms with Crippen LogP contribution >= 0.6 is 0 Å². The smallest absolute Gasteiger partial charge is 0.388 e. The first kappa shape index (κ1) is 9.85. The number of rotatable bonds is 3. The molecule has 0 unspecified atom stereocenters. The molecule has 0 aliphatic carbocycles. The molecule has 5 heteroatoms. The molecule has 1 rings (SSSR count). The molecule has 0 aromatic carbocycles. The minimum Gasteiger partial charge on any atom is -0.417 e. The number of aliphatic hydroxyl groups excluding tert-OH is 1. The number of aromatic nitrogens is 1. The zero-order valence-electron chi connectivity index (χ0n) is 7.00. The van der Waals surface area contributed by atoms with Gasteiger partial charge in [-0.05, 0) is 18.6 Å². The standard InChI is InChI=1S/C8H9F2NO2/c1-5-2-6(4-12)3-7(11-5)13-8(9)10/h2-3,8,12H,4H2,1H3. The van der Waals surface area contributed by atoms with Gasteiger partial charge in [0.1, 0.15) is 0 Å². The number of pyridine rings is 1. The van der Waals surface area contributed by atoms with Crippen molar-refractivity contribution in [3.05, 3.63) is 23.4 Å². The van der Waals surface area contributed by atoms with E-state index in [1.807, 2.05) is 0 Å². The van der Waals surface area contributed by atoms with Crippen molar-refractivity contribution in [3.63, 3.8) is 0 Å². The molecule has 3 nitrogen and oxygen atoms in total. The lowest BCUT2D eigenvalue weighted by molar-refractivity contribution is -0.0530. The largest absolute Gasteiger partial charge is 0.417 e. The second-order valence-electron chi connectivity index (χ2n) is 2.49. The molecule has 0 atom stereocenters. The minimum absolute atomic E-state index is 0.168. The highest BCUT2D eigenvalue weighted by Crippen LogP contribution is 2.14. The average molecular weight is 189 g/mol. The third-order valence-electron chi connectivity index (χ3n) is 1.38. The maximum absolute atomic E-state index is 11.8. The van der Waals surface area contributed by atoms with Crippen molar-refractivity contribution in [2.45, 2.75) is 20.1 Å². The van der Waals surface area contributed by atoms with Gasteiger partial charge in [0.15, 0.2) is 0 Å². The van der Waals surface area contributed by atoms with Crippen molar-refractivity contribution >= 4 is 0 Å². The van der Waals surface area contributed by atoms with Gasteiger partial charge in [0.25, 0.3) is 0 Å². The third-order valence-corrected chi connectivity index (χ3v) is 1.38. The van der Waals surface area contributed by atoms with Gasteiger partial charge in [-0.1, -0.05) is 0 Å². The van der Waals surface area contributed by atoms with Gasteiger partial charge in [-0.25, -0.2) is 4.98 Å². The fraction of sp³-hybridized carbons (Fsp3) is 0.375. The molecule has 0 aliphatic rings. The molecule has 13 heavy (non-hydrogen) atoms. The summed E-state index contributed by atoms with van der Waals surface area (Å²) in [4.78, 5) is 3.71. The topological polar surface area (TPSA) is 42.4 Å². The fourth-order valence-electron chi connectivity index (χ4n) is 0.950. The van der Waals surface area contributed by atoms with Gasteiger partial charge in [0.05, 0.1) is 6.61 Å². The molecule has 0 aliphatic heterocycles. The quantitative estimate of drug-likeness (QED) is 0.783. The van der Waals surface area contributed by atoms with Gasteiger partial charge in [-0.15, -0.1) is 0 Å². The van der Waals surface area contributed by atoms with E-state index in [1.165, 1.54) is 6.07 Å². The van der Waals surface area contributed by atoms with Crippen molar-refractivity contribution in [1.29, 1.82) is 0 Å². The Morgan fingerprint density at radius 3 is 2.77 bits per heavy atom. The summed E-state index contributed by atoms with van der Waals surface area (Å²) in [5, 5.41) is 8.75. The van der Waals surface area contributed by atoms with Crippen LogP contribution < -0.4 is 4.74 Å². The number of aliphatic hydroxyl groups is 1. The van der Waals surface area contributed by atoms with E-state index in [1.54, 1.807) is 13.0 Å². The molecule has 0 saturated carbocycles. The van der Waals surface area contributed by atoms with E-state index in [2.05, 4.69) is 9.72 Å². The Labute approximate surface area is 74.0 Å². The number of halogens is 2. The average Bonchev–Trinajstić information content (AvgIpc) is 2.01. The van der Waals surface area contributed by atoms with Crippen molar-refractivity contribution < 1.29 is 18.6 Å². The van der Waals surface area contributed by atoms with Crippen LogP contribution in [0, 0.1) is 6.92 Å². The van der Waals surface area contributed by atoms with Crippen LogP contribution in [0.25, 0.3) is 0 Å². The van der Waals surface area contributed by atoms with Gasteiger partial charge in [-0.3, -0.25) is 0 Å². The van der Waals surface area contributed by atoms with E-state index >= 15 is 0 Å². The molecule has 1 N–H and O–H groups in total. The summed E-state index contributed by atoms with van der Waals surface area (Å²) in [5.41, 5.74) is 1.03. The Hall–Kier alpha value is -1.23. The number of hydrogen-bond acceptors (Lipinski definition) is 3.